The lowest BCUT2D eigenvalue weighted by Crippen LogP contribution is -2.21. The minimum Gasteiger partial charge on any atom is -0.507 e. The zero-order valence-corrected chi connectivity index (χ0v) is 28.6. The molecule has 43 heavy (non-hydrogen) atoms. The molecule has 0 bridgehead atoms. The molecular weight excluding hydrogens is 560 g/mol. The van der Waals surface area contributed by atoms with Crippen LogP contribution in [0.15, 0.2) is 24.3 Å². The van der Waals surface area contributed by atoms with E-state index in [4.69, 9.17) is 0 Å². The molecule has 242 valence electrons. The smallest absolute Gasteiger partial charge is 0.304 e. The Morgan fingerprint density at radius 3 is 1.26 bits per heavy atom. The number of aromatic hydroxyl groups is 2. The van der Waals surface area contributed by atoms with Gasteiger partial charge >= 0.3 is 11.9 Å². The zero-order chi connectivity index (χ0) is 32.6. The highest BCUT2D eigenvalue weighted by atomic mass is 32.3. The molecule has 0 fully saturated rings. The average Bonchev–Trinajstić information content (AvgIpc) is 2.88. The minimum absolute atomic E-state index is 0.0518. The predicted molar refractivity (Wildman–Crippen MR) is 181 cm³/mol. The Kier molecular flexibility index (Phi) is 13.0. The maximum atomic E-state index is 11.6. The third-order valence-electron chi connectivity index (χ3n) is 8.33. The third kappa shape index (κ3) is 11.4. The molecule has 6 nitrogen and oxygen atoms in total. The van der Waals surface area contributed by atoms with Crippen LogP contribution in [0.1, 0.15) is 113 Å². The molecule has 0 saturated carbocycles. The van der Waals surface area contributed by atoms with Crippen molar-refractivity contribution in [3.05, 3.63) is 57.6 Å². The quantitative estimate of drug-likeness (QED) is 0.141. The molecule has 0 radical (unpaired) electrons. The van der Waals surface area contributed by atoms with Gasteiger partial charge in [-0.15, -0.1) is 0 Å². The standard InChI is InChI=1S/C36H56O6S/c1-25-21-27(33(41)29(23-25)35(3,4)5)13-9-11-17-43(19-15-31(37)38,20-16-32(39)40)18-12-10-14-28-22-26(2)24-30(34(28)42)36(6,7)8/h21-24,41-42H,9-20H2,1-8H3,(H,37,38)(H,39,40). The molecule has 0 saturated heterocycles. The van der Waals surface area contributed by atoms with E-state index in [0.717, 1.165) is 83.4 Å². The molecule has 0 amide bonds. The van der Waals surface area contributed by atoms with E-state index in [1.54, 1.807) is 0 Å². The molecule has 0 atom stereocenters. The summed E-state index contributed by atoms with van der Waals surface area (Å²) in [7, 11) is -1.48. The average molecular weight is 617 g/mol. The molecule has 0 aliphatic heterocycles. The number of hydrogen-bond donors (Lipinski definition) is 4. The molecule has 4 N–H and O–H groups in total. The number of benzene rings is 2. The van der Waals surface area contributed by atoms with Crippen molar-refractivity contribution in [3.63, 3.8) is 0 Å². The number of aliphatic carboxylic acids is 2. The van der Waals surface area contributed by atoms with Gasteiger partial charge in [0, 0.05) is 0 Å². The first kappa shape index (κ1) is 36.5. The molecule has 2 rings (SSSR count). The van der Waals surface area contributed by atoms with Crippen molar-refractivity contribution in [1.29, 1.82) is 0 Å². The first-order chi connectivity index (χ1) is 19.8. The monoisotopic (exact) mass is 616 g/mol. The number of aryl methyl sites for hydroxylation is 4. The lowest BCUT2D eigenvalue weighted by Gasteiger charge is -2.40. The summed E-state index contributed by atoms with van der Waals surface area (Å²) in [5.74, 6) is 1.76. The van der Waals surface area contributed by atoms with Crippen LogP contribution in [-0.4, -0.2) is 55.4 Å². The number of phenolic OH excluding ortho intramolecular Hbond substituents is 2. The summed E-state index contributed by atoms with van der Waals surface area (Å²) in [6.07, 6.45) is 4.98. The number of hydrogen-bond acceptors (Lipinski definition) is 4. The second-order valence-corrected chi connectivity index (χ2v) is 18.5. The second-order valence-electron chi connectivity index (χ2n) is 14.4. The molecule has 0 spiro atoms. The van der Waals surface area contributed by atoms with Gasteiger partial charge in [-0.25, -0.2) is 10.0 Å². The summed E-state index contributed by atoms with van der Waals surface area (Å²) >= 11 is 0. The molecule has 0 aliphatic rings. The van der Waals surface area contributed by atoms with Crippen molar-refractivity contribution in [2.75, 3.05) is 23.0 Å². The van der Waals surface area contributed by atoms with Gasteiger partial charge in [0.05, 0.1) is 12.8 Å². The molecular formula is C36H56O6S. The fraction of sp³-hybridized carbons (Fsp3) is 0.611. The van der Waals surface area contributed by atoms with Gasteiger partial charge in [-0.1, -0.05) is 76.9 Å². The van der Waals surface area contributed by atoms with Gasteiger partial charge in [0.25, 0.3) is 0 Å². The van der Waals surface area contributed by atoms with Crippen molar-refractivity contribution in [2.24, 2.45) is 0 Å². The van der Waals surface area contributed by atoms with Crippen LogP contribution >= 0.6 is 10.0 Å². The van der Waals surface area contributed by atoms with Gasteiger partial charge in [-0.3, -0.25) is 9.59 Å². The van der Waals surface area contributed by atoms with Crippen LogP contribution in [-0.2, 0) is 33.3 Å². The van der Waals surface area contributed by atoms with E-state index in [9.17, 15) is 30.0 Å². The Labute approximate surface area is 261 Å². The number of carbonyl (C=O) groups is 2. The van der Waals surface area contributed by atoms with Crippen molar-refractivity contribution >= 4 is 22.0 Å². The van der Waals surface area contributed by atoms with E-state index in [2.05, 4.69) is 41.5 Å². The van der Waals surface area contributed by atoms with Crippen molar-refractivity contribution < 1.29 is 30.0 Å². The molecule has 2 aromatic carbocycles. The molecule has 2 aromatic rings. The van der Waals surface area contributed by atoms with Gasteiger partial charge in [0.1, 0.15) is 11.5 Å². The van der Waals surface area contributed by atoms with E-state index in [1.165, 1.54) is 0 Å². The van der Waals surface area contributed by atoms with Gasteiger partial charge in [-0.2, -0.15) is 0 Å². The molecule has 0 unspecified atom stereocenters. The number of phenols is 2. The van der Waals surface area contributed by atoms with Crippen LogP contribution in [0.5, 0.6) is 11.5 Å². The Hall–Kier alpha value is -2.67. The summed E-state index contributed by atoms with van der Waals surface area (Å²) in [6.45, 7) is 16.7. The largest absolute Gasteiger partial charge is 0.507 e. The highest BCUT2D eigenvalue weighted by Crippen LogP contribution is 2.51. The van der Waals surface area contributed by atoms with Crippen LogP contribution in [0.25, 0.3) is 0 Å². The van der Waals surface area contributed by atoms with Crippen molar-refractivity contribution in [2.45, 2.75) is 118 Å². The molecule has 7 heteroatoms. The van der Waals surface area contributed by atoms with E-state index in [0.29, 0.717) is 23.0 Å². The fourth-order valence-corrected chi connectivity index (χ4v) is 9.97. The highest BCUT2D eigenvalue weighted by molar-refractivity contribution is 8.33. The second kappa shape index (κ2) is 15.4. The van der Waals surface area contributed by atoms with Gasteiger partial charge in [-0.05, 0) is 108 Å². The third-order valence-corrected chi connectivity index (χ3v) is 12.8. The number of unbranched alkanes of at least 4 members (excludes halogenated alkanes) is 2. The molecule has 0 aromatic heterocycles. The van der Waals surface area contributed by atoms with Crippen LogP contribution in [0.3, 0.4) is 0 Å². The highest BCUT2D eigenvalue weighted by Gasteiger charge is 2.27. The Morgan fingerprint density at radius 2 is 0.953 bits per heavy atom. The number of carboxylic acid groups (broad SMARTS) is 2. The van der Waals surface area contributed by atoms with Gasteiger partial charge in [0.2, 0.25) is 0 Å². The maximum absolute atomic E-state index is 11.6. The van der Waals surface area contributed by atoms with Gasteiger partial charge < -0.3 is 20.4 Å². The Balaban J connectivity index is 2.17. The van der Waals surface area contributed by atoms with Crippen LogP contribution in [0.4, 0.5) is 0 Å². The Bertz CT molecular complexity index is 1150. The maximum Gasteiger partial charge on any atom is 0.304 e. The number of carboxylic acids is 2. The summed E-state index contributed by atoms with van der Waals surface area (Å²) < 4.78 is 0. The summed E-state index contributed by atoms with van der Waals surface area (Å²) in [5.41, 5.74) is 5.68. The number of rotatable bonds is 16. The predicted octanol–water partition coefficient (Wildman–Crippen LogP) is 8.41. The van der Waals surface area contributed by atoms with Crippen molar-refractivity contribution in [1.82, 2.24) is 0 Å². The lowest BCUT2D eigenvalue weighted by atomic mass is 9.83. The summed E-state index contributed by atoms with van der Waals surface area (Å²) in [5, 5.41) is 41.0. The van der Waals surface area contributed by atoms with E-state index >= 15 is 0 Å². The SMILES string of the molecule is Cc1cc(CCCCS(CCCCc2cc(C)cc(C(C)(C)C)c2O)(CCC(=O)O)CCC(=O)O)c(O)c(C(C)(C)C)c1. The Morgan fingerprint density at radius 1 is 0.605 bits per heavy atom. The molecule has 0 aliphatic carbocycles. The normalized spacial score (nSPS) is 12.8. The van der Waals surface area contributed by atoms with Crippen LogP contribution in [0, 0.1) is 13.8 Å². The van der Waals surface area contributed by atoms with E-state index in [1.807, 2.05) is 38.1 Å². The lowest BCUT2D eigenvalue weighted by molar-refractivity contribution is -0.137. The topological polar surface area (TPSA) is 115 Å². The first-order valence-corrected chi connectivity index (χ1v) is 18.0. The van der Waals surface area contributed by atoms with E-state index in [-0.39, 0.29) is 23.7 Å². The summed E-state index contributed by atoms with van der Waals surface area (Å²) in [4.78, 5) is 23.2. The summed E-state index contributed by atoms with van der Waals surface area (Å²) in [6, 6.07) is 8.19. The van der Waals surface area contributed by atoms with E-state index < -0.39 is 22.0 Å². The molecule has 0 heterocycles. The van der Waals surface area contributed by atoms with Gasteiger partial charge in [0.15, 0.2) is 0 Å². The fourth-order valence-electron chi connectivity index (χ4n) is 5.90. The minimum atomic E-state index is -1.48. The van der Waals surface area contributed by atoms with Crippen molar-refractivity contribution in [3.8, 4) is 11.5 Å². The van der Waals surface area contributed by atoms with Crippen LogP contribution in [0.2, 0.25) is 0 Å². The van der Waals surface area contributed by atoms with Crippen LogP contribution < -0.4 is 0 Å². The zero-order valence-electron chi connectivity index (χ0n) is 27.8. The first-order valence-electron chi connectivity index (χ1n) is 15.7.